The van der Waals surface area contributed by atoms with E-state index in [4.69, 9.17) is 0 Å². The van der Waals surface area contributed by atoms with E-state index >= 15 is 0 Å². The SMILES string of the molecule is CCOC(=O)c1sc(SCc2ccccc2)nc1C(F)(F)F. The molecule has 1 aromatic carbocycles. The van der Waals surface area contributed by atoms with Crippen molar-refractivity contribution in [2.45, 2.75) is 23.2 Å². The van der Waals surface area contributed by atoms with E-state index in [1.54, 1.807) is 0 Å². The van der Waals surface area contributed by atoms with Crippen molar-refractivity contribution < 1.29 is 22.7 Å². The van der Waals surface area contributed by atoms with Gasteiger partial charge >= 0.3 is 12.1 Å². The molecule has 0 amide bonds. The van der Waals surface area contributed by atoms with Crippen LogP contribution in [0.4, 0.5) is 13.2 Å². The predicted octanol–water partition coefficient (Wildman–Crippen LogP) is 4.63. The lowest BCUT2D eigenvalue weighted by Gasteiger charge is -2.04. The van der Waals surface area contributed by atoms with Gasteiger partial charge in [0.15, 0.2) is 10.0 Å². The van der Waals surface area contributed by atoms with Crippen molar-refractivity contribution in [3.63, 3.8) is 0 Å². The highest BCUT2D eigenvalue weighted by molar-refractivity contribution is 8.00. The summed E-state index contributed by atoms with van der Waals surface area (Å²) in [5, 5.41) is 0. The summed E-state index contributed by atoms with van der Waals surface area (Å²) in [4.78, 5) is 14.7. The number of aromatic nitrogens is 1. The Kier molecular flexibility index (Phi) is 5.47. The van der Waals surface area contributed by atoms with Crippen molar-refractivity contribution >= 4 is 29.1 Å². The molecule has 1 aromatic heterocycles. The summed E-state index contributed by atoms with van der Waals surface area (Å²) >= 11 is 1.87. The number of alkyl halides is 3. The first-order valence-corrected chi connectivity index (χ1v) is 8.14. The Hall–Kier alpha value is -1.54. The molecule has 0 N–H and O–H groups in total. The van der Waals surface area contributed by atoms with E-state index in [1.165, 1.54) is 6.92 Å². The van der Waals surface area contributed by atoms with Gasteiger partial charge in [-0.05, 0) is 12.5 Å². The van der Waals surface area contributed by atoms with Crippen molar-refractivity contribution in [2.24, 2.45) is 0 Å². The van der Waals surface area contributed by atoms with Crippen LogP contribution in [0, 0.1) is 0 Å². The monoisotopic (exact) mass is 347 g/mol. The molecule has 1 heterocycles. The maximum absolute atomic E-state index is 13.0. The van der Waals surface area contributed by atoms with E-state index in [9.17, 15) is 18.0 Å². The number of halogens is 3. The number of hydrogen-bond acceptors (Lipinski definition) is 5. The zero-order valence-electron chi connectivity index (χ0n) is 11.5. The van der Waals surface area contributed by atoms with Crippen LogP contribution in [-0.2, 0) is 16.7 Å². The third-order valence-corrected chi connectivity index (χ3v) is 4.79. The van der Waals surface area contributed by atoms with Crippen LogP contribution in [-0.4, -0.2) is 17.6 Å². The van der Waals surface area contributed by atoms with Gasteiger partial charge in [0, 0.05) is 5.75 Å². The van der Waals surface area contributed by atoms with Crippen molar-refractivity contribution in [1.82, 2.24) is 4.98 Å². The maximum atomic E-state index is 13.0. The molecule has 3 nitrogen and oxygen atoms in total. The average molecular weight is 347 g/mol. The Labute approximate surface area is 133 Å². The number of rotatable bonds is 5. The summed E-state index contributed by atoms with van der Waals surface area (Å²) in [5.74, 6) is -0.507. The fourth-order valence-corrected chi connectivity index (χ4v) is 3.62. The van der Waals surface area contributed by atoms with Crippen LogP contribution in [0.15, 0.2) is 34.7 Å². The average Bonchev–Trinajstić information content (AvgIpc) is 2.91. The van der Waals surface area contributed by atoms with E-state index in [0.717, 1.165) is 17.3 Å². The van der Waals surface area contributed by atoms with Gasteiger partial charge in [0.05, 0.1) is 6.61 Å². The number of hydrogen-bond donors (Lipinski definition) is 0. The van der Waals surface area contributed by atoms with Crippen LogP contribution in [0.3, 0.4) is 0 Å². The molecule has 0 aliphatic carbocycles. The predicted molar refractivity (Wildman–Crippen MR) is 79.1 cm³/mol. The van der Waals surface area contributed by atoms with E-state index in [-0.39, 0.29) is 10.9 Å². The van der Waals surface area contributed by atoms with Crippen LogP contribution in [0.1, 0.15) is 27.9 Å². The molecule has 0 atom stereocenters. The lowest BCUT2D eigenvalue weighted by Crippen LogP contribution is -2.13. The molecule has 0 radical (unpaired) electrons. The highest BCUT2D eigenvalue weighted by Crippen LogP contribution is 2.38. The van der Waals surface area contributed by atoms with Crippen LogP contribution in [0.5, 0.6) is 0 Å². The molecule has 0 spiro atoms. The van der Waals surface area contributed by atoms with Gasteiger partial charge in [-0.15, -0.1) is 11.3 Å². The van der Waals surface area contributed by atoms with Gasteiger partial charge in [-0.2, -0.15) is 13.2 Å². The Morgan fingerprint density at radius 1 is 1.32 bits per heavy atom. The number of ether oxygens (including phenoxy) is 1. The lowest BCUT2D eigenvalue weighted by molar-refractivity contribution is -0.141. The zero-order valence-corrected chi connectivity index (χ0v) is 13.1. The first-order valence-electron chi connectivity index (χ1n) is 6.33. The number of benzene rings is 1. The van der Waals surface area contributed by atoms with Gasteiger partial charge < -0.3 is 4.74 Å². The molecule has 0 aliphatic heterocycles. The number of esters is 1. The first kappa shape index (κ1) is 16.8. The molecule has 0 bridgehead atoms. The fourth-order valence-electron chi connectivity index (χ4n) is 1.61. The lowest BCUT2D eigenvalue weighted by atomic mass is 10.2. The molecule has 0 aliphatic rings. The topological polar surface area (TPSA) is 39.2 Å². The molecule has 118 valence electrons. The third-order valence-electron chi connectivity index (χ3n) is 2.54. The zero-order chi connectivity index (χ0) is 16.2. The number of thioether (sulfide) groups is 1. The highest BCUT2D eigenvalue weighted by Gasteiger charge is 2.40. The Morgan fingerprint density at radius 3 is 2.59 bits per heavy atom. The van der Waals surface area contributed by atoms with Gasteiger partial charge in [-0.1, -0.05) is 42.1 Å². The van der Waals surface area contributed by atoms with Crippen LogP contribution >= 0.6 is 23.1 Å². The summed E-state index contributed by atoms with van der Waals surface area (Å²) in [5.41, 5.74) is -0.208. The molecule has 0 saturated carbocycles. The number of carbonyl (C=O) groups excluding carboxylic acids is 1. The smallest absolute Gasteiger partial charge is 0.435 e. The Balaban J connectivity index is 2.20. The van der Waals surface area contributed by atoms with Crippen molar-refractivity contribution in [3.8, 4) is 0 Å². The summed E-state index contributed by atoms with van der Waals surface area (Å²) in [6, 6.07) is 9.30. The van der Waals surface area contributed by atoms with Crippen molar-refractivity contribution in [1.29, 1.82) is 0 Å². The van der Waals surface area contributed by atoms with Crippen molar-refractivity contribution in [2.75, 3.05) is 6.61 Å². The minimum atomic E-state index is -4.68. The molecule has 0 unspecified atom stereocenters. The summed E-state index contributed by atoms with van der Waals surface area (Å²) in [7, 11) is 0. The van der Waals surface area contributed by atoms with Gasteiger partial charge in [-0.3, -0.25) is 0 Å². The minimum absolute atomic E-state index is 0.0144. The largest absolute Gasteiger partial charge is 0.462 e. The molecule has 0 saturated heterocycles. The number of nitrogens with zero attached hydrogens (tertiary/aromatic N) is 1. The third kappa shape index (κ3) is 4.23. The maximum Gasteiger partial charge on any atom is 0.435 e. The highest BCUT2D eigenvalue weighted by atomic mass is 32.2. The van der Waals surface area contributed by atoms with Gasteiger partial charge in [0.2, 0.25) is 0 Å². The van der Waals surface area contributed by atoms with Gasteiger partial charge in [0.1, 0.15) is 4.88 Å². The van der Waals surface area contributed by atoms with Crippen LogP contribution < -0.4 is 0 Å². The Morgan fingerprint density at radius 2 is 2.00 bits per heavy atom. The second kappa shape index (κ2) is 7.15. The first-order chi connectivity index (χ1) is 10.4. The fraction of sp³-hybridized carbons (Fsp3) is 0.286. The summed E-state index contributed by atoms with van der Waals surface area (Å²) < 4.78 is 43.7. The quantitative estimate of drug-likeness (QED) is 0.584. The van der Waals surface area contributed by atoms with E-state index in [2.05, 4.69) is 9.72 Å². The van der Waals surface area contributed by atoms with Gasteiger partial charge in [-0.25, -0.2) is 9.78 Å². The Bertz CT molecular complexity index is 641. The van der Waals surface area contributed by atoms with E-state index in [1.807, 2.05) is 30.3 Å². The van der Waals surface area contributed by atoms with E-state index < -0.39 is 22.7 Å². The molecular weight excluding hydrogens is 335 g/mol. The molecule has 2 rings (SSSR count). The molecule has 22 heavy (non-hydrogen) atoms. The molecule has 0 fully saturated rings. The second-order valence-corrected chi connectivity index (χ2v) is 6.37. The van der Waals surface area contributed by atoms with E-state index in [0.29, 0.717) is 17.1 Å². The minimum Gasteiger partial charge on any atom is -0.462 e. The van der Waals surface area contributed by atoms with Gasteiger partial charge in [0.25, 0.3) is 0 Å². The molecule has 8 heteroatoms. The molecule has 2 aromatic rings. The second-order valence-electron chi connectivity index (χ2n) is 4.15. The summed E-state index contributed by atoms with van der Waals surface area (Å²) in [6.07, 6.45) is -4.68. The standard InChI is InChI=1S/C14H12F3NO2S2/c1-2-20-12(19)10-11(14(15,16)17)18-13(22-10)21-8-9-6-4-3-5-7-9/h3-7H,2,8H2,1H3. The number of thiazole rings is 1. The number of carbonyl (C=O) groups is 1. The van der Waals surface area contributed by atoms with Crippen LogP contribution in [0.2, 0.25) is 0 Å². The molecular formula is C14H12F3NO2S2. The van der Waals surface area contributed by atoms with Crippen LogP contribution in [0.25, 0.3) is 0 Å². The van der Waals surface area contributed by atoms with Crippen molar-refractivity contribution in [3.05, 3.63) is 46.5 Å². The summed E-state index contributed by atoms with van der Waals surface area (Å²) in [6.45, 7) is 1.55. The normalized spacial score (nSPS) is 11.5.